The van der Waals surface area contributed by atoms with Crippen LogP contribution in [0.3, 0.4) is 0 Å². The number of nitrogens with one attached hydrogen (secondary N) is 1. The molecule has 3 aromatic rings. The number of ether oxygens (including phenoxy) is 2. The van der Waals surface area contributed by atoms with E-state index in [1.54, 1.807) is 24.1 Å². The fourth-order valence-electron chi connectivity index (χ4n) is 3.39. The summed E-state index contributed by atoms with van der Waals surface area (Å²) in [5.41, 5.74) is 1.38. The number of aromatic nitrogens is 2. The molecule has 178 valence electrons. The van der Waals surface area contributed by atoms with Crippen LogP contribution in [-0.4, -0.2) is 47.0 Å². The Morgan fingerprint density at radius 2 is 1.88 bits per heavy atom. The Balaban J connectivity index is 1.41. The maximum Gasteiger partial charge on any atom is 0.410 e. The first kappa shape index (κ1) is 25.0. The molecule has 1 N–H and O–H groups in total. The number of carbonyl (C=O) groups excluding carboxylic acids is 1. The first-order chi connectivity index (χ1) is 15.6. The molecule has 33 heavy (non-hydrogen) atoms. The van der Waals surface area contributed by atoms with Crippen molar-refractivity contribution in [3.05, 3.63) is 46.7 Å². The SMILES string of the molecule is CN(CCCCCCOc1ccc(-c2n[nH]c3ccc(Br)cc23)c(F)c1)C(=O)OC(C)(C)C. The molecule has 2 aromatic carbocycles. The number of nitrogens with zero attached hydrogens (tertiary/aromatic N) is 2. The van der Waals surface area contributed by atoms with Gasteiger partial charge in [-0.2, -0.15) is 5.10 Å². The smallest absolute Gasteiger partial charge is 0.410 e. The molecule has 3 rings (SSSR count). The molecule has 1 aromatic heterocycles. The third-order valence-corrected chi connectivity index (χ3v) is 5.58. The van der Waals surface area contributed by atoms with Gasteiger partial charge in [-0.05, 0) is 63.9 Å². The largest absolute Gasteiger partial charge is 0.493 e. The van der Waals surface area contributed by atoms with E-state index in [2.05, 4.69) is 26.1 Å². The number of aromatic amines is 1. The van der Waals surface area contributed by atoms with E-state index in [1.807, 2.05) is 39.0 Å². The topological polar surface area (TPSA) is 67.5 Å². The summed E-state index contributed by atoms with van der Waals surface area (Å²) >= 11 is 3.45. The molecule has 0 saturated heterocycles. The number of unbranched alkanes of at least 4 members (excludes halogenated alkanes) is 3. The van der Waals surface area contributed by atoms with Gasteiger partial charge in [0, 0.05) is 35.1 Å². The lowest BCUT2D eigenvalue weighted by Crippen LogP contribution is -2.34. The summed E-state index contributed by atoms with van der Waals surface area (Å²) in [6.07, 6.45) is 3.40. The van der Waals surface area contributed by atoms with Crippen LogP contribution in [0.4, 0.5) is 9.18 Å². The van der Waals surface area contributed by atoms with Gasteiger partial charge in [0.15, 0.2) is 0 Å². The molecule has 0 spiro atoms. The van der Waals surface area contributed by atoms with Crippen LogP contribution >= 0.6 is 15.9 Å². The molecule has 0 bridgehead atoms. The number of fused-ring (bicyclic) bond motifs is 1. The second kappa shape index (κ2) is 11.0. The van der Waals surface area contributed by atoms with Gasteiger partial charge in [-0.3, -0.25) is 5.10 Å². The van der Waals surface area contributed by atoms with Crippen LogP contribution in [0.25, 0.3) is 22.2 Å². The summed E-state index contributed by atoms with van der Waals surface area (Å²) < 4.78 is 26.8. The second-order valence-corrected chi connectivity index (χ2v) is 9.98. The van der Waals surface area contributed by atoms with E-state index in [0.29, 0.717) is 30.2 Å². The Labute approximate surface area is 202 Å². The summed E-state index contributed by atoms with van der Waals surface area (Å²) in [6.45, 7) is 6.74. The van der Waals surface area contributed by atoms with Crippen molar-refractivity contribution < 1.29 is 18.7 Å². The zero-order valence-corrected chi connectivity index (χ0v) is 21.2. The molecule has 0 radical (unpaired) electrons. The lowest BCUT2D eigenvalue weighted by atomic mass is 10.1. The average Bonchev–Trinajstić information content (AvgIpc) is 3.14. The summed E-state index contributed by atoms with van der Waals surface area (Å²) in [6, 6.07) is 10.6. The third-order valence-electron chi connectivity index (χ3n) is 5.08. The molecular formula is C25H31BrFN3O3. The van der Waals surface area contributed by atoms with Gasteiger partial charge >= 0.3 is 6.09 Å². The molecule has 0 aliphatic rings. The number of amides is 1. The number of H-pyrrole nitrogens is 1. The van der Waals surface area contributed by atoms with E-state index in [1.165, 1.54) is 6.07 Å². The van der Waals surface area contributed by atoms with Gasteiger partial charge in [0.05, 0.1) is 12.1 Å². The molecule has 0 atom stereocenters. The molecular weight excluding hydrogens is 489 g/mol. The number of carbonyl (C=O) groups is 1. The van der Waals surface area contributed by atoms with Crippen molar-refractivity contribution in [3.63, 3.8) is 0 Å². The normalized spacial score (nSPS) is 11.6. The quantitative estimate of drug-likeness (QED) is 0.311. The molecule has 1 amide bonds. The Kier molecular flexibility index (Phi) is 8.35. The number of hydrogen-bond acceptors (Lipinski definition) is 4. The summed E-state index contributed by atoms with van der Waals surface area (Å²) in [5, 5.41) is 8.08. The van der Waals surface area contributed by atoms with Crippen molar-refractivity contribution in [2.45, 2.75) is 52.1 Å². The lowest BCUT2D eigenvalue weighted by Gasteiger charge is -2.24. The Morgan fingerprint density at radius 3 is 2.61 bits per heavy atom. The molecule has 0 saturated carbocycles. The van der Waals surface area contributed by atoms with E-state index >= 15 is 0 Å². The number of benzene rings is 2. The fraction of sp³-hybridized carbons (Fsp3) is 0.440. The molecule has 0 aliphatic carbocycles. The minimum atomic E-state index is -0.483. The predicted molar refractivity (Wildman–Crippen MR) is 132 cm³/mol. The first-order valence-electron chi connectivity index (χ1n) is 11.1. The Morgan fingerprint density at radius 1 is 1.12 bits per heavy atom. The van der Waals surface area contributed by atoms with Crippen LogP contribution in [0.5, 0.6) is 5.75 Å². The zero-order chi connectivity index (χ0) is 24.0. The van der Waals surface area contributed by atoms with Gasteiger partial charge in [-0.1, -0.05) is 28.8 Å². The van der Waals surface area contributed by atoms with Crippen molar-refractivity contribution in [1.82, 2.24) is 15.1 Å². The van der Waals surface area contributed by atoms with Crippen LogP contribution in [0.15, 0.2) is 40.9 Å². The molecule has 8 heteroatoms. The van der Waals surface area contributed by atoms with Crippen molar-refractivity contribution in [2.75, 3.05) is 20.2 Å². The van der Waals surface area contributed by atoms with Crippen LogP contribution in [-0.2, 0) is 4.74 Å². The molecule has 0 aliphatic heterocycles. The summed E-state index contributed by atoms with van der Waals surface area (Å²) in [7, 11) is 1.75. The van der Waals surface area contributed by atoms with E-state index < -0.39 is 5.60 Å². The minimum absolute atomic E-state index is 0.299. The number of halogens is 2. The van der Waals surface area contributed by atoms with Crippen molar-refractivity contribution in [1.29, 1.82) is 0 Å². The van der Waals surface area contributed by atoms with Crippen LogP contribution in [0.2, 0.25) is 0 Å². The van der Waals surface area contributed by atoms with Gasteiger partial charge in [0.2, 0.25) is 0 Å². The van der Waals surface area contributed by atoms with Gasteiger partial charge in [-0.15, -0.1) is 0 Å². The maximum absolute atomic E-state index is 14.8. The maximum atomic E-state index is 14.8. The first-order valence-corrected chi connectivity index (χ1v) is 11.9. The van der Waals surface area contributed by atoms with Crippen molar-refractivity contribution in [2.24, 2.45) is 0 Å². The van der Waals surface area contributed by atoms with Crippen molar-refractivity contribution >= 4 is 32.9 Å². The van der Waals surface area contributed by atoms with Gasteiger partial charge in [0.1, 0.15) is 22.9 Å². The van der Waals surface area contributed by atoms with Gasteiger partial charge in [-0.25, -0.2) is 9.18 Å². The van der Waals surface area contributed by atoms with Crippen molar-refractivity contribution in [3.8, 4) is 17.0 Å². The Bertz CT molecular complexity index is 1090. The van der Waals surface area contributed by atoms with E-state index in [9.17, 15) is 9.18 Å². The van der Waals surface area contributed by atoms with Gasteiger partial charge in [0.25, 0.3) is 0 Å². The second-order valence-electron chi connectivity index (χ2n) is 9.07. The molecule has 1 heterocycles. The number of rotatable bonds is 9. The van der Waals surface area contributed by atoms with E-state index in [0.717, 1.165) is 41.1 Å². The number of hydrogen-bond donors (Lipinski definition) is 1. The third kappa shape index (κ3) is 7.19. The standard InChI is InChI=1S/C25H31BrFN3O3/c1-25(2,3)33-24(31)30(4)13-7-5-6-8-14-32-18-10-11-19(21(27)16-18)23-20-15-17(26)9-12-22(20)28-29-23/h9-12,15-16H,5-8,13-14H2,1-4H3,(H,28,29). The minimum Gasteiger partial charge on any atom is -0.493 e. The lowest BCUT2D eigenvalue weighted by molar-refractivity contribution is 0.0296. The zero-order valence-electron chi connectivity index (χ0n) is 19.6. The van der Waals surface area contributed by atoms with Crippen LogP contribution in [0.1, 0.15) is 46.5 Å². The van der Waals surface area contributed by atoms with Gasteiger partial charge < -0.3 is 14.4 Å². The highest BCUT2D eigenvalue weighted by Gasteiger charge is 2.19. The Hall–Kier alpha value is -2.61. The van der Waals surface area contributed by atoms with Crippen LogP contribution < -0.4 is 4.74 Å². The summed E-state index contributed by atoms with van der Waals surface area (Å²) in [5.74, 6) is 0.132. The monoisotopic (exact) mass is 519 g/mol. The summed E-state index contributed by atoms with van der Waals surface area (Å²) in [4.78, 5) is 13.5. The average molecular weight is 520 g/mol. The van der Waals surface area contributed by atoms with E-state index in [4.69, 9.17) is 9.47 Å². The predicted octanol–water partition coefficient (Wildman–Crippen LogP) is 6.94. The molecule has 0 fully saturated rings. The molecule has 0 unspecified atom stereocenters. The fourth-order valence-corrected chi connectivity index (χ4v) is 3.76. The highest BCUT2D eigenvalue weighted by molar-refractivity contribution is 9.10. The molecule has 6 nitrogen and oxygen atoms in total. The highest BCUT2D eigenvalue weighted by Crippen LogP contribution is 2.31. The highest BCUT2D eigenvalue weighted by atomic mass is 79.9. The van der Waals surface area contributed by atoms with E-state index in [-0.39, 0.29) is 11.9 Å². The van der Waals surface area contributed by atoms with Crippen LogP contribution in [0, 0.1) is 5.82 Å².